The summed E-state index contributed by atoms with van der Waals surface area (Å²) in [6, 6.07) is 5.06. The normalized spacial score (nSPS) is 10.5. The number of aliphatic hydroxyl groups is 1. The lowest BCUT2D eigenvalue weighted by Gasteiger charge is -2.06. The van der Waals surface area contributed by atoms with Gasteiger partial charge in [-0.15, -0.1) is 0 Å². The van der Waals surface area contributed by atoms with E-state index in [1.165, 1.54) is 0 Å². The summed E-state index contributed by atoms with van der Waals surface area (Å²) < 4.78 is 22.0. The topological polar surface area (TPSA) is 83.5 Å². The van der Waals surface area contributed by atoms with Crippen LogP contribution >= 0.6 is 0 Å². The number of hydrogen-bond acceptors (Lipinski definition) is 4. The van der Waals surface area contributed by atoms with Crippen LogP contribution in [0.4, 0.5) is 5.69 Å². The highest BCUT2D eigenvalue weighted by molar-refractivity contribution is 7.91. The van der Waals surface area contributed by atoms with Crippen LogP contribution in [0.3, 0.4) is 0 Å². The van der Waals surface area contributed by atoms with Crippen LogP contribution < -0.4 is 5.32 Å². The van der Waals surface area contributed by atoms with Gasteiger partial charge in [-0.25, -0.2) is 8.42 Å². The standard InChI is InChI=1S/C13H15NO4S/c1-10-5-6-12(8-11(10)4-3-7-15)14-13(16)9-19(2,17)18/h5-6,8,15H,7,9H2,1-2H3,(H,14,16). The first-order valence-electron chi connectivity index (χ1n) is 5.50. The summed E-state index contributed by atoms with van der Waals surface area (Å²) in [6.45, 7) is 1.60. The second-order valence-electron chi connectivity index (χ2n) is 4.11. The number of anilines is 1. The molecule has 0 radical (unpaired) electrons. The fraction of sp³-hybridized carbons (Fsp3) is 0.308. The molecule has 0 heterocycles. The number of carbonyl (C=O) groups excluding carboxylic acids is 1. The third-order valence-electron chi connectivity index (χ3n) is 2.22. The van der Waals surface area contributed by atoms with Gasteiger partial charge in [0, 0.05) is 17.5 Å². The highest BCUT2D eigenvalue weighted by atomic mass is 32.2. The summed E-state index contributed by atoms with van der Waals surface area (Å²) in [5.41, 5.74) is 2.05. The first kappa shape index (κ1) is 15.2. The molecule has 1 rings (SSSR count). The van der Waals surface area contributed by atoms with Crippen LogP contribution in [0.15, 0.2) is 18.2 Å². The van der Waals surface area contributed by atoms with Gasteiger partial charge in [0.05, 0.1) is 0 Å². The number of hydrogen-bond donors (Lipinski definition) is 2. The van der Waals surface area contributed by atoms with Crippen LogP contribution in [0.2, 0.25) is 0 Å². The van der Waals surface area contributed by atoms with E-state index in [1.54, 1.807) is 18.2 Å². The Balaban J connectivity index is 2.88. The smallest absolute Gasteiger partial charge is 0.239 e. The molecule has 0 aliphatic heterocycles. The van der Waals surface area contributed by atoms with Crippen molar-refractivity contribution in [1.29, 1.82) is 0 Å². The molecule has 0 aliphatic carbocycles. The summed E-state index contributed by atoms with van der Waals surface area (Å²) in [7, 11) is -3.35. The van der Waals surface area contributed by atoms with Gasteiger partial charge in [0.1, 0.15) is 12.4 Å². The fourth-order valence-corrected chi connectivity index (χ4v) is 1.95. The van der Waals surface area contributed by atoms with E-state index in [4.69, 9.17) is 5.11 Å². The molecular weight excluding hydrogens is 266 g/mol. The van der Waals surface area contributed by atoms with Crippen LogP contribution in [0, 0.1) is 18.8 Å². The van der Waals surface area contributed by atoms with Crippen molar-refractivity contribution in [3.63, 3.8) is 0 Å². The number of aliphatic hydroxyl groups excluding tert-OH is 1. The SMILES string of the molecule is Cc1ccc(NC(=O)CS(C)(=O)=O)cc1C#CCO. The average Bonchev–Trinajstić information content (AvgIpc) is 2.27. The lowest BCUT2D eigenvalue weighted by Crippen LogP contribution is -2.21. The number of sulfone groups is 1. The van der Waals surface area contributed by atoms with Gasteiger partial charge >= 0.3 is 0 Å². The summed E-state index contributed by atoms with van der Waals surface area (Å²) >= 11 is 0. The van der Waals surface area contributed by atoms with Crippen LogP contribution in [0.5, 0.6) is 0 Å². The molecule has 5 nitrogen and oxygen atoms in total. The van der Waals surface area contributed by atoms with Gasteiger partial charge in [0.15, 0.2) is 9.84 Å². The molecule has 102 valence electrons. The zero-order valence-corrected chi connectivity index (χ0v) is 11.5. The molecule has 0 saturated heterocycles. The Hall–Kier alpha value is -1.84. The van der Waals surface area contributed by atoms with Crippen molar-refractivity contribution >= 4 is 21.4 Å². The van der Waals surface area contributed by atoms with E-state index in [-0.39, 0.29) is 6.61 Å². The number of amides is 1. The van der Waals surface area contributed by atoms with Gasteiger partial charge < -0.3 is 10.4 Å². The molecule has 0 atom stereocenters. The van der Waals surface area contributed by atoms with Crippen molar-refractivity contribution in [2.24, 2.45) is 0 Å². The van der Waals surface area contributed by atoms with Gasteiger partial charge in [-0.05, 0) is 24.6 Å². The molecule has 0 aromatic heterocycles. The van der Waals surface area contributed by atoms with Crippen LogP contribution in [0.1, 0.15) is 11.1 Å². The highest BCUT2D eigenvalue weighted by Crippen LogP contribution is 2.14. The summed E-state index contributed by atoms with van der Waals surface area (Å²) in [4.78, 5) is 11.5. The van der Waals surface area contributed by atoms with E-state index in [0.29, 0.717) is 11.3 Å². The lowest BCUT2D eigenvalue weighted by molar-refractivity contribution is -0.113. The van der Waals surface area contributed by atoms with E-state index in [9.17, 15) is 13.2 Å². The zero-order valence-electron chi connectivity index (χ0n) is 10.7. The van der Waals surface area contributed by atoms with E-state index >= 15 is 0 Å². The second kappa shape index (κ2) is 6.36. The molecule has 0 saturated carbocycles. The molecule has 0 spiro atoms. The molecule has 0 bridgehead atoms. The maximum absolute atomic E-state index is 11.5. The Morgan fingerprint density at radius 1 is 1.42 bits per heavy atom. The predicted octanol–water partition coefficient (Wildman–Crippen LogP) is 0.322. The Morgan fingerprint density at radius 2 is 2.11 bits per heavy atom. The van der Waals surface area contributed by atoms with Gasteiger partial charge in [-0.3, -0.25) is 4.79 Å². The molecule has 1 amide bonds. The minimum atomic E-state index is -3.35. The molecule has 19 heavy (non-hydrogen) atoms. The average molecular weight is 281 g/mol. The zero-order chi connectivity index (χ0) is 14.5. The summed E-state index contributed by atoms with van der Waals surface area (Å²) in [5.74, 6) is 4.13. The van der Waals surface area contributed by atoms with Crippen molar-refractivity contribution in [1.82, 2.24) is 0 Å². The first-order chi connectivity index (χ1) is 8.81. The Bertz CT molecular complexity index is 638. The quantitative estimate of drug-likeness (QED) is 0.782. The monoisotopic (exact) mass is 281 g/mol. The van der Waals surface area contributed by atoms with Crippen LogP contribution in [0.25, 0.3) is 0 Å². The maximum atomic E-state index is 11.5. The van der Waals surface area contributed by atoms with E-state index in [1.807, 2.05) is 6.92 Å². The third kappa shape index (κ3) is 5.55. The minimum absolute atomic E-state index is 0.246. The Labute approximate surface area is 112 Å². The number of carbonyl (C=O) groups is 1. The lowest BCUT2D eigenvalue weighted by atomic mass is 10.1. The summed E-state index contributed by atoms with van der Waals surface area (Å²) in [5, 5.41) is 11.1. The Kier molecular flexibility index (Phi) is 5.10. The maximum Gasteiger partial charge on any atom is 0.239 e. The second-order valence-corrected chi connectivity index (χ2v) is 6.25. The van der Waals surface area contributed by atoms with Crippen LogP contribution in [-0.4, -0.2) is 38.0 Å². The number of aryl methyl sites for hydroxylation is 1. The van der Waals surface area contributed by atoms with Gasteiger partial charge in [0.25, 0.3) is 0 Å². The summed E-state index contributed by atoms with van der Waals surface area (Å²) in [6.07, 6.45) is 1.000. The van der Waals surface area contributed by atoms with Crippen molar-refractivity contribution in [3.05, 3.63) is 29.3 Å². The predicted molar refractivity (Wildman–Crippen MR) is 73.5 cm³/mol. The number of nitrogens with one attached hydrogen (secondary N) is 1. The Morgan fingerprint density at radius 3 is 2.68 bits per heavy atom. The molecular formula is C13H15NO4S. The van der Waals surface area contributed by atoms with Gasteiger partial charge in [-0.1, -0.05) is 17.9 Å². The molecule has 0 fully saturated rings. The largest absolute Gasteiger partial charge is 0.384 e. The van der Waals surface area contributed by atoms with Crippen LogP contribution in [-0.2, 0) is 14.6 Å². The molecule has 2 N–H and O–H groups in total. The van der Waals surface area contributed by atoms with Crippen molar-refractivity contribution in [2.75, 3.05) is 23.9 Å². The van der Waals surface area contributed by atoms with E-state index in [2.05, 4.69) is 17.2 Å². The first-order valence-corrected chi connectivity index (χ1v) is 7.56. The van der Waals surface area contributed by atoms with Gasteiger partial charge in [-0.2, -0.15) is 0 Å². The molecule has 0 aliphatic rings. The molecule has 1 aromatic rings. The number of rotatable bonds is 3. The number of benzene rings is 1. The van der Waals surface area contributed by atoms with Crippen molar-refractivity contribution in [2.45, 2.75) is 6.92 Å². The molecule has 6 heteroatoms. The minimum Gasteiger partial charge on any atom is -0.384 e. The van der Waals surface area contributed by atoms with Crippen molar-refractivity contribution < 1.29 is 18.3 Å². The molecule has 1 aromatic carbocycles. The fourth-order valence-electron chi connectivity index (χ4n) is 1.40. The van der Waals surface area contributed by atoms with Crippen molar-refractivity contribution in [3.8, 4) is 11.8 Å². The molecule has 0 unspecified atom stereocenters. The van der Waals surface area contributed by atoms with E-state index in [0.717, 1.165) is 11.8 Å². The van der Waals surface area contributed by atoms with E-state index < -0.39 is 21.5 Å². The third-order valence-corrected chi connectivity index (χ3v) is 3.00. The highest BCUT2D eigenvalue weighted by Gasteiger charge is 2.11. The van der Waals surface area contributed by atoms with Gasteiger partial charge in [0.2, 0.25) is 5.91 Å².